The zero-order valence-electron chi connectivity index (χ0n) is 17.7. The molecule has 0 spiro atoms. The van der Waals surface area contributed by atoms with Crippen molar-refractivity contribution in [2.24, 2.45) is 5.10 Å². The van der Waals surface area contributed by atoms with E-state index in [-0.39, 0.29) is 10.6 Å². The highest BCUT2D eigenvalue weighted by molar-refractivity contribution is 6.34. The van der Waals surface area contributed by atoms with Gasteiger partial charge in [-0.15, -0.1) is 5.10 Å². The van der Waals surface area contributed by atoms with Crippen LogP contribution in [0.2, 0.25) is 5.02 Å². The van der Waals surface area contributed by atoms with Crippen molar-refractivity contribution in [3.63, 3.8) is 0 Å². The summed E-state index contributed by atoms with van der Waals surface area (Å²) in [5, 5.41) is 8.70. The number of carbonyl (C=O) groups is 1. The van der Waals surface area contributed by atoms with Gasteiger partial charge in [0.25, 0.3) is 5.91 Å². The number of hydrazone groups is 1. The van der Waals surface area contributed by atoms with E-state index in [1.807, 2.05) is 30.3 Å². The highest BCUT2D eigenvalue weighted by atomic mass is 35.5. The summed E-state index contributed by atoms with van der Waals surface area (Å²) < 4.78 is 19.7. The Morgan fingerprint density at radius 2 is 1.88 bits per heavy atom. The van der Waals surface area contributed by atoms with Crippen LogP contribution in [0.25, 0.3) is 11.1 Å². The molecule has 1 amide bonds. The molecule has 4 rings (SSSR count). The van der Waals surface area contributed by atoms with E-state index in [0.717, 1.165) is 28.7 Å². The van der Waals surface area contributed by atoms with Gasteiger partial charge in [0.15, 0.2) is 0 Å². The van der Waals surface area contributed by atoms with Gasteiger partial charge in [0, 0.05) is 18.3 Å². The van der Waals surface area contributed by atoms with E-state index >= 15 is 0 Å². The number of rotatable bonds is 5. The summed E-state index contributed by atoms with van der Waals surface area (Å²) in [5.41, 5.74) is 4.36. The van der Waals surface area contributed by atoms with Crippen LogP contribution in [-0.2, 0) is 11.2 Å². The molecule has 5 nitrogen and oxygen atoms in total. The van der Waals surface area contributed by atoms with Gasteiger partial charge in [-0.25, -0.2) is 9.40 Å². The van der Waals surface area contributed by atoms with E-state index in [1.165, 1.54) is 18.2 Å². The lowest BCUT2D eigenvalue weighted by atomic mass is 9.95. The molecule has 0 atom stereocenters. The van der Waals surface area contributed by atoms with Gasteiger partial charge in [-0.3, -0.25) is 4.79 Å². The molecule has 1 heterocycles. The second kappa shape index (κ2) is 8.85. The Morgan fingerprint density at radius 3 is 2.50 bits per heavy atom. The summed E-state index contributed by atoms with van der Waals surface area (Å²) in [6, 6.07) is 17.5. The fourth-order valence-corrected chi connectivity index (χ4v) is 3.68. The summed E-state index contributed by atoms with van der Waals surface area (Å²) in [5.74, 6) is -0.303. The first-order valence-corrected chi connectivity index (χ1v) is 10.4. The van der Waals surface area contributed by atoms with E-state index in [4.69, 9.17) is 16.3 Å². The average molecular weight is 450 g/mol. The molecule has 0 unspecified atom stereocenters. The quantitative estimate of drug-likeness (QED) is 0.515. The SMILES string of the molecule is C=C1OC(c2ccc(CC)c(-c3ccc(NC(=O)c4c(F)cccc4Cl)cc3)c2)=NN1C. The fourth-order valence-electron chi connectivity index (χ4n) is 3.43. The number of carbonyl (C=O) groups excluding carboxylic acids is 1. The minimum Gasteiger partial charge on any atom is -0.419 e. The van der Waals surface area contributed by atoms with Crippen molar-refractivity contribution in [3.05, 3.63) is 101 Å². The van der Waals surface area contributed by atoms with Gasteiger partial charge in [-0.1, -0.05) is 42.8 Å². The Hall–Kier alpha value is -3.64. The standard InChI is InChI=1S/C25H21ClFN3O2/c1-4-16-8-9-18(25-29-30(3)15(2)32-25)14-20(16)17-10-12-19(13-11-17)28-24(31)23-21(26)6-5-7-22(23)27/h5-14H,2,4H2,1,3H3,(H,28,31). The fraction of sp³-hybridized carbons (Fsp3) is 0.120. The van der Waals surface area contributed by atoms with Crippen LogP contribution in [0.5, 0.6) is 0 Å². The maximum atomic E-state index is 14.0. The largest absolute Gasteiger partial charge is 0.419 e. The van der Waals surface area contributed by atoms with Gasteiger partial charge < -0.3 is 10.1 Å². The number of nitrogens with zero attached hydrogens (tertiary/aromatic N) is 2. The number of benzene rings is 3. The molecule has 3 aromatic rings. The first-order chi connectivity index (χ1) is 15.4. The summed E-state index contributed by atoms with van der Waals surface area (Å²) >= 11 is 5.99. The Balaban J connectivity index is 1.60. The number of halogens is 2. The van der Waals surface area contributed by atoms with E-state index < -0.39 is 11.7 Å². The van der Waals surface area contributed by atoms with Crippen LogP contribution in [0.3, 0.4) is 0 Å². The van der Waals surface area contributed by atoms with Crippen molar-refractivity contribution in [1.29, 1.82) is 0 Å². The minimum atomic E-state index is -0.665. The first kappa shape index (κ1) is 21.6. The summed E-state index contributed by atoms with van der Waals surface area (Å²) in [4.78, 5) is 12.5. The van der Waals surface area contributed by atoms with Crippen LogP contribution in [0.4, 0.5) is 10.1 Å². The molecule has 162 valence electrons. The molecule has 0 fully saturated rings. The predicted molar refractivity (Wildman–Crippen MR) is 125 cm³/mol. The zero-order valence-corrected chi connectivity index (χ0v) is 18.4. The van der Waals surface area contributed by atoms with E-state index in [9.17, 15) is 9.18 Å². The van der Waals surface area contributed by atoms with Crippen molar-refractivity contribution in [1.82, 2.24) is 5.01 Å². The number of hydrogen-bond acceptors (Lipinski definition) is 4. The maximum Gasteiger partial charge on any atom is 0.260 e. The lowest BCUT2D eigenvalue weighted by Gasteiger charge is -2.12. The van der Waals surface area contributed by atoms with Crippen LogP contribution in [0, 0.1) is 5.82 Å². The minimum absolute atomic E-state index is 0.0638. The summed E-state index contributed by atoms with van der Waals surface area (Å²) in [6.45, 7) is 5.90. The monoisotopic (exact) mass is 449 g/mol. The highest BCUT2D eigenvalue weighted by Gasteiger charge is 2.20. The van der Waals surface area contributed by atoms with E-state index in [0.29, 0.717) is 17.5 Å². The van der Waals surface area contributed by atoms with Crippen molar-refractivity contribution < 1.29 is 13.9 Å². The summed E-state index contributed by atoms with van der Waals surface area (Å²) in [7, 11) is 1.78. The molecule has 7 heteroatoms. The Kier molecular flexibility index (Phi) is 5.97. The molecule has 1 aliphatic heterocycles. The first-order valence-electron chi connectivity index (χ1n) is 10.1. The lowest BCUT2D eigenvalue weighted by Crippen LogP contribution is -2.14. The lowest BCUT2D eigenvalue weighted by molar-refractivity contribution is 0.102. The molecule has 32 heavy (non-hydrogen) atoms. The molecule has 0 aromatic heterocycles. The average Bonchev–Trinajstić information content (AvgIpc) is 3.12. The normalized spacial score (nSPS) is 13.1. The maximum absolute atomic E-state index is 14.0. The van der Waals surface area contributed by atoms with Crippen LogP contribution in [-0.4, -0.2) is 23.9 Å². The molecule has 0 saturated heterocycles. The van der Waals surface area contributed by atoms with Crippen molar-refractivity contribution in [2.75, 3.05) is 12.4 Å². The number of amides is 1. The van der Waals surface area contributed by atoms with Crippen molar-refractivity contribution in [2.45, 2.75) is 13.3 Å². The number of ether oxygens (including phenoxy) is 1. The van der Waals surface area contributed by atoms with Crippen molar-refractivity contribution in [3.8, 4) is 11.1 Å². The molecule has 3 aromatic carbocycles. The summed E-state index contributed by atoms with van der Waals surface area (Å²) in [6.07, 6.45) is 0.847. The van der Waals surface area contributed by atoms with E-state index in [1.54, 1.807) is 24.2 Å². The van der Waals surface area contributed by atoms with Crippen LogP contribution in [0.1, 0.15) is 28.4 Å². The Morgan fingerprint density at radius 1 is 1.16 bits per heavy atom. The van der Waals surface area contributed by atoms with Gasteiger partial charge in [-0.05, 0) is 66.1 Å². The molecule has 1 N–H and O–H groups in total. The second-order valence-electron chi connectivity index (χ2n) is 7.28. The molecule has 1 aliphatic rings. The molecule has 0 radical (unpaired) electrons. The number of aryl methyl sites for hydroxylation is 1. The third-order valence-corrected chi connectivity index (χ3v) is 5.51. The number of hydrogen-bond donors (Lipinski definition) is 1. The topological polar surface area (TPSA) is 53.9 Å². The predicted octanol–water partition coefficient (Wildman–Crippen LogP) is 6.06. The van der Waals surface area contributed by atoms with Gasteiger partial charge in [0.05, 0.1) is 10.6 Å². The van der Waals surface area contributed by atoms with Crippen molar-refractivity contribution >= 4 is 29.1 Å². The molecular weight excluding hydrogens is 429 g/mol. The Labute approximate surface area is 190 Å². The van der Waals surface area contributed by atoms with Crippen LogP contribution >= 0.6 is 11.6 Å². The molecule has 0 aliphatic carbocycles. The van der Waals surface area contributed by atoms with Gasteiger partial charge in [0.2, 0.25) is 11.8 Å². The molecule has 0 saturated carbocycles. The zero-order chi connectivity index (χ0) is 22.8. The number of nitrogens with one attached hydrogen (secondary N) is 1. The highest BCUT2D eigenvalue weighted by Crippen LogP contribution is 2.29. The third-order valence-electron chi connectivity index (χ3n) is 5.20. The van der Waals surface area contributed by atoms with Gasteiger partial charge >= 0.3 is 0 Å². The second-order valence-corrected chi connectivity index (χ2v) is 7.69. The third kappa shape index (κ3) is 4.22. The van der Waals surface area contributed by atoms with E-state index in [2.05, 4.69) is 23.9 Å². The van der Waals surface area contributed by atoms with Gasteiger partial charge in [-0.2, -0.15) is 0 Å². The smallest absolute Gasteiger partial charge is 0.260 e. The molecular formula is C25H21ClFN3O2. The van der Waals surface area contributed by atoms with Gasteiger partial charge in [0.1, 0.15) is 5.82 Å². The van der Waals surface area contributed by atoms with Crippen LogP contribution < -0.4 is 5.32 Å². The number of anilines is 1. The van der Waals surface area contributed by atoms with Crippen LogP contribution in [0.15, 0.2) is 78.2 Å². The molecule has 0 bridgehead atoms. The Bertz CT molecular complexity index is 1220.